The number of carbonyl (C=O) groups is 8. The number of methoxy groups -OCH3 is 1. The summed E-state index contributed by atoms with van der Waals surface area (Å²) in [5.74, 6) is -6.15. The van der Waals surface area contributed by atoms with Crippen LogP contribution in [0, 0.1) is 33.0 Å². The number of fused-ring (bicyclic) bond motifs is 18. The monoisotopic (exact) mass is 1510 g/mol. The molecule has 12 aromatic rings. The van der Waals surface area contributed by atoms with Gasteiger partial charge in [-0.15, -0.1) is 0 Å². The molecular formula is C104H88N2O9. The van der Waals surface area contributed by atoms with Gasteiger partial charge in [0.1, 0.15) is 17.0 Å². The molecule has 568 valence electrons. The number of nitrogens with one attached hydrogen (secondary N) is 2. The number of benzene rings is 12. The fourth-order valence-corrected chi connectivity index (χ4v) is 21.5. The van der Waals surface area contributed by atoms with Crippen molar-refractivity contribution >= 4 is 46.7 Å². The average molecular weight is 1510 g/mol. The van der Waals surface area contributed by atoms with Crippen LogP contribution in [0.5, 0.6) is 0 Å². The summed E-state index contributed by atoms with van der Waals surface area (Å²) >= 11 is 0. The van der Waals surface area contributed by atoms with Crippen molar-refractivity contribution < 1.29 is 43.1 Å². The topological polar surface area (TPSA) is 170 Å². The van der Waals surface area contributed by atoms with Gasteiger partial charge >= 0.3 is 5.97 Å². The van der Waals surface area contributed by atoms with E-state index in [0.717, 1.165) is 77.9 Å². The van der Waals surface area contributed by atoms with Gasteiger partial charge < -0.3 is 15.4 Å². The summed E-state index contributed by atoms with van der Waals surface area (Å²) in [6, 6.07) is 92.4. The summed E-state index contributed by atoms with van der Waals surface area (Å²) in [5, 5.41) is 6.52. The highest BCUT2D eigenvalue weighted by atomic mass is 16.5. The summed E-state index contributed by atoms with van der Waals surface area (Å²) in [4.78, 5) is 145. The largest absolute Gasteiger partial charge is 0.467 e. The third-order valence-corrected chi connectivity index (χ3v) is 26.5. The van der Waals surface area contributed by atoms with Gasteiger partial charge in [0.25, 0.3) is 0 Å². The SMILES string of the molecule is COC(=O)C(NC(=O)C1(C(=O)C2(C(=O)C3(C(=O)C4(C(=O)C5(C(=O)C6(NC(C)=O)Cc7ccccc7-c7ccccc7C6)Cc6ccccc6-c6ccccc6C5)Cc5ccccc5-c5ccccc5C4)Cc4ccccc4-c4ccccc4C3)Cc3ccccc3-c3ccccc3C2)Cc2ccccc2-c2ccccc2C1)C(C)C. The van der Waals surface area contributed by atoms with Crippen molar-refractivity contribution in [1.82, 2.24) is 10.6 Å². The van der Waals surface area contributed by atoms with Crippen LogP contribution in [0.3, 0.4) is 0 Å². The smallest absolute Gasteiger partial charge is 0.328 e. The quantitative estimate of drug-likeness (QED) is 0.0749. The molecule has 11 heteroatoms. The first-order valence-corrected chi connectivity index (χ1v) is 40.2. The van der Waals surface area contributed by atoms with E-state index in [1.165, 1.54) is 14.0 Å². The van der Waals surface area contributed by atoms with E-state index in [9.17, 15) is 9.59 Å². The molecule has 6 aliphatic carbocycles. The lowest BCUT2D eigenvalue weighted by Gasteiger charge is -2.50. The third kappa shape index (κ3) is 12.0. The maximum atomic E-state index is 20.2. The molecule has 12 aromatic carbocycles. The van der Waals surface area contributed by atoms with Gasteiger partial charge in [-0.25, -0.2) is 4.79 Å². The van der Waals surface area contributed by atoms with Crippen LogP contribution < -0.4 is 10.6 Å². The Labute approximate surface area is 670 Å². The molecule has 0 aliphatic heterocycles. The van der Waals surface area contributed by atoms with Crippen molar-refractivity contribution in [3.05, 3.63) is 358 Å². The number of rotatable bonds is 15. The molecule has 18 rings (SSSR count). The highest BCUT2D eigenvalue weighted by molar-refractivity contribution is 6.30. The average Bonchev–Trinajstić information content (AvgIpc) is 1.66. The maximum Gasteiger partial charge on any atom is 0.328 e. The van der Waals surface area contributed by atoms with E-state index in [-0.39, 0.29) is 77.0 Å². The zero-order valence-corrected chi connectivity index (χ0v) is 65.0. The molecule has 11 nitrogen and oxygen atoms in total. The van der Waals surface area contributed by atoms with Crippen molar-refractivity contribution in [3.8, 4) is 66.8 Å². The van der Waals surface area contributed by atoms with Gasteiger partial charge in [0.15, 0.2) is 28.9 Å². The Hall–Kier alpha value is -12.6. The third-order valence-electron chi connectivity index (χ3n) is 26.5. The number of hydrogen-bond donors (Lipinski definition) is 2. The minimum Gasteiger partial charge on any atom is -0.467 e. The highest BCUT2D eigenvalue weighted by Gasteiger charge is 2.71. The normalized spacial score (nSPS) is 17.0. The maximum absolute atomic E-state index is 20.2. The summed E-state index contributed by atoms with van der Waals surface area (Å²) in [7, 11) is 1.27. The van der Waals surface area contributed by atoms with E-state index >= 15 is 28.8 Å². The Morgan fingerprint density at radius 1 is 0.261 bits per heavy atom. The van der Waals surface area contributed by atoms with E-state index in [0.29, 0.717) is 55.6 Å². The molecule has 6 aliphatic rings. The Kier molecular flexibility index (Phi) is 18.5. The van der Waals surface area contributed by atoms with E-state index < -0.39 is 91.3 Å². The fraction of sp³-hybridized carbons (Fsp3) is 0.231. The lowest BCUT2D eigenvalue weighted by molar-refractivity contribution is -0.165. The van der Waals surface area contributed by atoms with Crippen LogP contribution in [0.2, 0.25) is 0 Å². The molecule has 0 saturated heterocycles. The number of esters is 1. The molecule has 2 N–H and O–H groups in total. The van der Waals surface area contributed by atoms with Crippen molar-refractivity contribution in [1.29, 1.82) is 0 Å². The standard InChI is InChI=1S/C104H88N2O9/c1-65(2)91(92(108)115-4)105-98(114)103(61-75-37-13-25-49-87(75)88-50-26-14-38-76(88)62-103)96(112)101(57-71-33-9-21-45-83(71)84-46-22-10-34-72(84)58-101)94(110)99(53-67-29-5-17-41-79(67)80-42-18-6-30-68(80)54-99)93(109)100(55-69-31-7-19-43-81(69)82-44-20-8-32-70(82)56-100)95(111)102(59-73-35-11-23-47-85(73)86-48-24-12-36-74(86)60-102)97(113)104(106-66(3)107)63-77-39-15-27-51-89(77)90-52-28-16-40-78(90)64-104/h5-52,65,91H,53-64H2,1-4H3,(H,105,114)(H,106,107). The first-order chi connectivity index (χ1) is 55.8. The minimum atomic E-state index is -2.50. The van der Waals surface area contributed by atoms with Crippen LogP contribution >= 0.6 is 0 Å². The number of Topliss-reactive ketones (excluding diaryl/α,β-unsaturated/α-hetero) is 5. The van der Waals surface area contributed by atoms with Gasteiger partial charge in [0.05, 0.1) is 28.8 Å². The van der Waals surface area contributed by atoms with Gasteiger partial charge in [0.2, 0.25) is 11.8 Å². The predicted molar refractivity (Wildman–Crippen MR) is 448 cm³/mol. The number of carbonyl (C=O) groups excluding carboxylic acids is 8. The van der Waals surface area contributed by atoms with E-state index in [1.54, 1.807) is 13.8 Å². The molecule has 0 heterocycles. The second-order valence-corrected chi connectivity index (χ2v) is 33.5. The fourth-order valence-electron chi connectivity index (χ4n) is 21.5. The highest BCUT2D eigenvalue weighted by Crippen LogP contribution is 2.60. The van der Waals surface area contributed by atoms with Crippen molar-refractivity contribution in [3.63, 3.8) is 0 Å². The summed E-state index contributed by atoms with van der Waals surface area (Å²) < 4.78 is 5.49. The van der Waals surface area contributed by atoms with Gasteiger partial charge in [-0.2, -0.15) is 0 Å². The molecule has 0 fully saturated rings. The second-order valence-electron chi connectivity index (χ2n) is 33.5. The molecule has 1 unspecified atom stereocenters. The summed E-state index contributed by atoms with van der Waals surface area (Å²) in [6.07, 6.45) is -2.97. The van der Waals surface area contributed by atoms with Gasteiger partial charge in [-0.05, 0) is 204 Å². The molecule has 2 amide bonds. The van der Waals surface area contributed by atoms with Crippen molar-refractivity contribution in [2.45, 2.75) is 109 Å². The minimum absolute atomic E-state index is 0.0351. The molecule has 1 atom stereocenters. The van der Waals surface area contributed by atoms with E-state index in [2.05, 4.69) is 10.6 Å². The Balaban J connectivity index is 0.971. The molecule has 0 saturated carbocycles. The molecule has 0 radical (unpaired) electrons. The van der Waals surface area contributed by atoms with E-state index in [1.807, 2.05) is 291 Å². The molecule has 0 aromatic heterocycles. The van der Waals surface area contributed by atoms with E-state index in [4.69, 9.17) is 4.74 Å². The molecule has 115 heavy (non-hydrogen) atoms. The first-order valence-electron chi connectivity index (χ1n) is 40.2. The van der Waals surface area contributed by atoms with Crippen molar-refractivity contribution in [2.75, 3.05) is 7.11 Å². The molecule has 0 spiro atoms. The van der Waals surface area contributed by atoms with Gasteiger partial charge in [-0.1, -0.05) is 305 Å². The van der Waals surface area contributed by atoms with Gasteiger partial charge in [0, 0.05) is 19.8 Å². The van der Waals surface area contributed by atoms with Gasteiger partial charge in [-0.3, -0.25) is 33.6 Å². The van der Waals surface area contributed by atoms with Crippen LogP contribution in [0.1, 0.15) is 87.5 Å². The zero-order valence-electron chi connectivity index (χ0n) is 65.0. The van der Waals surface area contributed by atoms with Crippen LogP contribution in [0.15, 0.2) is 291 Å². The Morgan fingerprint density at radius 2 is 0.435 bits per heavy atom. The zero-order chi connectivity index (χ0) is 79.2. The summed E-state index contributed by atoms with van der Waals surface area (Å²) in [5.41, 5.74) is 3.48. The van der Waals surface area contributed by atoms with Crippen LogP contribution in [0.25, 0.3) is 66.8 Å². The Bertz CT molecular complexity index is 5770. The number of amides is 2. The first kappa shape index (κ1) is 73.9. The van der Waals surface area contributed by atoms with Crippen LogP contribution in [-0.2, 0) is 120 Å². The molecule has 0 bridgehead atoms. The predicted octanol–water partition coefficient (Wildman–Crippen LogP) is 17.7. The molecular weight excluding hydrogens is 1420 g/mol. The number of ketones is 5. The second kappa shape index (κ2) is 28.8. The Morgan fingerprint density at radius 3 is 0.626 bits per heavy atom. The van der Waals surface area contributed by atoms with Crippen molar-refractivity contribution in [2.24, 2.45) is 33.0 Å². The summed E-state index contributed by atoms with van der Waals surface area (Å²) in [6.45, 7) is 5.01. The number of ether oxygens (including phenoxy) is 1. The lowest BCUT2D eigenvalue weighted by atomic mass is 9.48. The van der Waals surface area contributed by atoms with Crippen LogP contribution in [-0.4, -0.2) is 65.4 Å². The number of hydrogen-bond acceptors (Lipinski definition) is 9. The van der Waals surface area contributed by atoms with Crippen LogP contribution in [0.4, 0.5) is 0 Å². The lowest BCUT2D eigenvalue weighted by Crippen LogP contribution is -2.69.